The zero-order valence-corrected chi connectivity index (χ0v) is 14.7. The van der Waals surface area contributed by atoms with Crippen LogP contribution < -0.4 is 4.74 Å². The summed E-state index contributed by atoms with van der Waals surface area (Å²) >= 11 is 5.95. The maximum Gasteiger partial charge on any atom is 0.274 e. The van der Waals surface area contributed by atoms with Gasteiger partial charge in [-0.3, -0.25) is 14.6 Å². The van der Waals surface area contributed by atoms with Gasteiger partial charge in [0.25, 0.3) is 11.8 Å². The van der Waals surface area contributed by atoms with Gasteiger partial charge in [0.05, 0.1) is 30.1 Å². The zero-order chi connectivity index (χ0) is 18.7. The van der Waals surface area contributed by atoms with Gasteiger partial charge in [-0.05, 0) is 12.1 Å². The van der Waals surface area contributed by atoms with Gasteiger partial charge in [-0.15, -0.1) is 0 Å². The first-order valence-electron chi connectivity index (χ1n) is 7.90. The van der Waals surface area contributed by atoms with Gasteiger partial charge in [-0.25, -0.2) is 9.37 Å². The van der Waals surface area contributed by atoms with Crippen LogP contribution in [0.4, 0.5) is 4.39 Å². The van der Waals surface area contributed by atoms with E-state index in [1.54, 1.807) is 4.90 Å². The van der Waals surface area contributed by atoms with Crippen molar-refractivity contribution >= 4 is 23.4 Å². The van der Waals surface area contributed by atoms with Gasteiger partial charge in [-0.2, -0.15) is 0 Å². The summed E-state index contributed by atoms with van der Waals surface area (Å²) in [6, 6.07) is 4.11. The number of ether oxygens (including phenoxy) is 1. The average molecular weight is 379 g/mol. The molecule has 2 amide bonds. The van der Waals surface area contributed by atoms with E-state index in [4.69, 9.17) is 16.3 Å². The molecule has 0 N–H and O–H groups in total. The van der Waals surface area contributed by atoms with Crippen LogP contribution in [-0.2, 0) is 0 Å². The van der Waals surface area contributed by atoms with Crippen molar-refractivity contribution in [3.63, 3.8) is 0 Å². The van der Waals surface area contributed by atoms with Gasteiger partial charge in [0.2, 0.25) is 5.88 Å². The summed E-state index contributed by atoms with van der Waals surface area (Å²) in [6.45, 7) is 1.14. The minimum absolute atomic E-state index is 0.0696. The van der Waals surface area contributed by atoms with E-state index in [0.717, 1.165) is 0 Å². The minimum Gasteiger partial charge on any atom is -0.480 e. The highest BCUT2D eigenvalue weighted by atomic mass is 35.5. The second-order valence-electron chi connectivity index (χ2n) is 5.63. The summed E-state index contributed by atoms with van der Waals surface area (Å²) in [4.78, 5) is 36.1. The third-order valence-electron chi connectivity index (χ3n) is 4.07. The molecule has 0 unspecified atom stereocenters. The molecule has 0 saturated carbocycles. The Morgan fingerprint density at radius 3 is 2.38 bits per heavy atom. The number of piperazine rings is 1. The second-order valence-corrected chi connectivity index (χ2v) is 6.03. The third kappa shape index (κ3) is 3.60. The first-order chi connectivity index (χ1) is 12.5. The van der Waals surface area contributed by atoms with Gasteiger partial charge in [0.1, 0.15) is 5.82 Å². The first-order valence-corrected chi connectivity index (χ1v) is 8.27. The van der Waals surface area contributed by atoms with Gasteiger partial charge in [0, 0.05) is 26.2 Å². The smallest absolute Gasteiger partial charge is 0.274 e. The molecule has 2 heterocycles. The lowest BCUT2D eigenvalue weighted by molar-refractivity contribution is 0.0529. The number of halogens is 2. The lowest BCUT2D eigenvalue weighted by atomic mass is 10.1. The largest absolute Gasteiger partial charge is 0.480 e. The number of carbonyl (C=O) groups is 2. The fourth-order valence-electron chi connectivity index (χ4n) is 2.68. The Morgan fingerprint density at radius 2 is 1.77 bits per heavy atom. The van der Waals surface area contributed by atoms with Gasteiger partial charge in [-0.1, -0.05) is 17.7 Å². The lowest BCUT2D eigenvalue weighted by Crippen LogP contribution is -2.51. The molecule has 0 spiro atoms. The predicted octanol–water partition coefficient (Wildman–Crippen LogP) is 1.88. The van der Waals surface area contributed by atoms with Crippen molar-refractivity contribution in [2.24, 2.45) is 0 Å². The normalized spacial score (nSPS) is 14.3. The fourth-order valence-corrected chi connectivity index (χ4v) is 2.93. The molecule has 1 aromatic carbocycles. The van der Waals surface area contributed by atoms with E-state index >= 15 is 0 Å². The molecular formula is C17H16ClFN4O3. The predicted molar refractivity (Wildman–Crippen MR) is 91.8 cm³/mol. The Kier molecular flexibility index (Phi) is 5.32. The van der Waals surface area contributed by atoms with Crippen LogP contribution in [0.1, 0.15) is 20.8 Å². The van der Waals surface area contributed by atoms with Crippen LogP contribution in [0.3, 0.4) is 0 Å². The van der Waals surface area contributed by atoms with Crippen molar-refractivity contribution in [3.05, 3.63) is 52.7 Å². The van der Waals surface area contributed by atoms with Crippen LogP contribution in [0, 0.1) is 5.82 Å². The lowest BCUT2D eigenvalue weighted by Gasteiger charge is -2.34. The summed E-state index contributed by atoms with van der Waals surface area (Å²) in [5.74, 6) is -1.19. The standard InChI is InChI=1S/C17H16ClFN4O3/c1-26-14-10-20-9-13(21-14)16(24)22-5-7-23(8-6-22)17(25)15-11(18)3-2-4-12(15)19/h2-4,9-10H,5-8H2,1H3. The number of benzene rings is 1. The average Bonchev–Trinajstić information content (AvgIpc) is 2.67. The van der Waals surface area contributed by atoms with E-state index in [9.17, 15) is 14.0 Å². The molecular weight excluding hydrogens is 363 g/mol. The molecule has 0 radical (unpaired) electrons. The molecule has 1 aliphatic rings. The molecule has 2 aromatic rings. The van der Waals surface area contributed by atoms with E-state index in [2.05, 4.69) is 9.97 Å². The Hall–Kier alpha value is -2.74. The number of aromatic nitrogens is 2. The van der Waals surface area contributed by atoms with Crippen LogP contribution in [0.25, 0.3) is 0 Å². The third-order valence-corrected chi connectivity index (χ3v) is 4.39. The SMILES string of the molecule is COc1cncc(C(=O)N2CCN(C(=O)c3c(F)cccc3Cl)CC2)n1. The quantitative estimate of drug-likeness (QED) is 0.815. The van der Waals surface area contributed by atoms with Crippen LogP contribution in [0.2, 0.25) is 5.02 Å². The summed E-state index contributed by atoms with van der Waals surface area (Å²) < 4.78 is 18.9. The molecule has 0 bridgehead atoms. The maximum absolute atomic E-state index is 13.9. The summed E-state index contributed by atoms with van der Waals surface area (Å²) in [6.07, 6.45) is 2.77. The molecule has 0 aliphatic carbocycles. The van der Waals surface area contributed by atoms with Crippen LogP contribution >= 0.6 is 11.6 Å². The first kappa shape index (κ1) is 18.1. The number of nitrogens with zero attached hydrogens (tertiary/aromatic N) is 4. The number of methoxy groups -OCH3 is 1. The monoisotopic (exact) mass is 378 g/mol. The highest BCUT2D eigenvalue weighted by Gasteiger charge is 2.28. The second kappa shape index (κ2) is 7.65. The molecule has 9 heteroatoms. The van der Waals surface area contributed by atoms with Crippen LogP contribution in [0.5, 0.6) is 5.88 Å². The van der Waals surface area contributed by atoms with Crippen LogP contribution in [0.15, 0.2) is 30.6 Å². The van der Waals surface area contributed by atoms with Crippen molar-refractivity contribution in [1.82, 2.24) is 19.8 Å². The van der Waals surface area contributed by atoms with Crippen molar-refractivity contribution in [2.75, 3.05) is 33.3 Å². The molecule has 1 aromatic heterocycles. The van der Waals surface area contributed by atoms with Gasteiger partial charge < -0.3 is 14.5 Å². The van der Waals surface area contributed by atoms with Crippen molar-refractivity contribution < 1.29 is 18.7 Å². The van der Waals surface area contributed by atoms with Crippen molar-refractivity contribution in [2.45, 2.75) is 0 Å². The van der Waals surface area contributed by atoms with Crippen molar-refractivity contribution in [1.29, 1.82) is 0 Å². The van der Waals surface area contributed by atoms with Gasteiger partial charge >= 0.3 is 0 Å². The molecule has 1 fully saturated rings. The van der Waals surface area contributed by atoms with Crippen molar-refractivity contribution in [3.8, 4) is 5.88 Å². The highest BCUT2D eigenvalue weighted by Crippen LogP contribution is 2.21. The molecule has 136 valence electrons. The van der Waals surface area contributed by atoms with E-state index in [1.807, 2.05) is 0 Å². The summed E-state index contributed by atoms with van der Waals surface area (Å²) in [5.41, 5.74) is 0.0221. The minimum atomic E-state index is -0.660. The maximum atomic E-state index is 13.9. The van der Waals surface area contributed by atoms with E-state index in [1.165, 1.54) is 42.6 Å². The molecule has 0 atom stereocenters. The molecule has 1 saturated heterocycles. The van der Waals surface area contributed by atoms with E-state index in [0.29, 0.717) is 13.1 Å². The van der Waals surface area contributed by atoms with Gasteiger partial charge in [0.15, 0.2) is 5.69 Å². The Bertz CT molecular complexity index is 820. The highest BCUT2D eigenvalue weighted by molar-refractivity contribution is 6.33. The Morgan fingerprint density at radius 1 is 1.12 bits per heavy atom. The van der Waals surface area contributed by atoms with E-state index in [-0.39, 0.29) is 41.2 Å². The molecule has 26 heavy (non-hydrogen) atoms. The number of amides is 2. The number of hydrogen-bond acceptors (Lipinski definition) is 5. The molecule has 1 aliphatic heterocycles. The number of rotatable bonds is 3. The summed E-state index contributed by atoms with van der Waals surface area (Å²) in [7, 11) is 1.44. The fraction of sp³-hybridized carbons (Fsp3) is 0.294. The Balaban J connectivity index is 1.67. The topological polar surface area (TPSA) is 75.6 Å². The van der Waals surface area contributed by atoms with Crippen LogP contribution in [-0.4, -0.2) is 64.9 Å². The van der Waals surface area contributed by atoms with E-state index < -0.39 is 11.7 Å². The number of carbonyl (C=O) groups excluding carboxylic acids is 2. The summed E-state index contributed by atoms with van der Waals surface area (Å²) in [5, 5.41) is 0.0696. The molecule has 3 rings (SSSR count). The zero-order valence-electron chi connectivity index (χ0n) is 14.0. The number of hydrogen-bond donors (Lipinski definition) is 0. The molecule has 7 nitrogen and oxygen atoms in total. The Labute approximate surface area is 154 Å².